The maximum Gasteiger partial charge on any atom is 0.311 e. The predicted molar refractivity (Wildman–Crippen MR) is 70.8 cm³/mol. The number of carboxylic acid groups (broad SMARTS) is 1. The SMILES string of the molecule is CCCC1(C(=O)O)CCN(c2cccnc2C#N)C1. The monoisotopic (exact) mass is 259 g/mol. The normalized spacial score (nSPS) is 22.2. The van der Waals surface area contributed by atoms with Crippen molar-refractivity contribution in [3.05, 3.63) is 24.0 Å². The van der Waals surface area contributed by atoms with Gasteiger partial charge in [-0.1, -0.05) is 13.3 Å². The second-order valence-electron chi connectivity index (χ2n) is 4.99. The van der Waals surface area contributed by atoms with Crippen LogP contribution in [0.15, 0.2) is 18.3 Å². The number of aromatic nitrogens is 1. The minimum Gasteiger partial charge on any atom is -0.481 e. The molecular formula is C14H17N3O2. The van der Waals surface area contributed by atoms with E-state index in [1.807, 2.05) is 17.9 Å². The van der Waals surface area contributed by atoms with Gasteiger partial charge in [-0.3, -0.25) is 4.79 Å². The Morgan fingerprint density at radius 3 is 3.11 bits per heavy atom. The highest BCUT2D eigenvalue weighted by Gasteiger charge is 2.44. The number of hydrogen-bond donors (Lipinski definition) is 1. The molecule has 5 nitrogen and oxygen atoms in total. The molecule has 100 valence electrons. The second kappa shape index (κ2) is 5.27. The summed E-state index contributed by atoms with van der Waals surface area (Å²) in [5.41, 5.74) is 0.418. The molecule has 1 aromatic rings. The molecular weight excluding hydrogens is 242 g/mol. The van der Waals surface area contributed by atoms with E-state index < -0.39 is 11.4 Å². The first-order valence-corrected chi connectivity index (χ1v) is 6.46. The summed E-state index contributed by atoms with van der Waals surface area (Å²) in [6.45, 7) is 3.11. The lowest BCUT2D eigenvalue weighted by Gasteiger charge is -2.25. The van der Waals surface area contributed by atoms with Crippen LogP contribution in [-0.4, -0.2) is 29.1 Å². The first-order chi connectivity index (χ1) is 9.13. The molecule has 0 spiro atoms. The summed E-state index contributed by atoms with van der Waals surface area (Å²) < 4.78 is 0. The van der Waals surface area contributed by atoms with E-state index in [4.69, 9.17) is 5.26 Å². The average Bonchev–Trinajstić information content (AvgIpc) is 2.84. The molecule has 1 N–H and O–H groups in total. The summed E-state index contributed by atoms with van der Waals surface area (Å²) in [4.78, 5) is 17.5. The van der Waals surface area contributed by atoms with E-state index >= 15 is 0 Å². The van der Waals surface area contributed by atoms with Crippen LogP contribution in [0.4, 0.5) is 5.69 Å². The van der Waals surface area contributed by atoms with Crippen LogP contribution in [0.1, 0.15) is 31.9 Å². The van der Waals surface area contributed by atoms with Gasteiger partial charge in [-0.05, 0) is 25.0 Å². The zero-order chi connectivity index (χ0) is 13.9. The lowest BCUT2D eigenvalue weighted by molar-refractivity contribution is -0.148. The molecule has 0 aromatic carbocycles. The third-order valence-electron chi connectivity index (χ3n) is 3.77. The summed E-state index contributed by atoms with van der Waals surface area (Å²) in [5, 5.41) is 18.5. The molecule has 1 atom stereocenters. The van der Waals surface area contributed by atoms with Gasteiger partial charge in [-0.2, -0.15) is 5.26 Å². The van der Waals surface area contributed by atoms with Crippen LogP contribution in [0.5, 0.6) is 0 Å². The van der Waals surface area contributed by atoms with E-state index in [1.54, 1.807) is 12.3 Å². The predicted octanol–water partition coefficient (Wildman–Crippen LogP) is 2.03. The summed E-state index contributed by atoms with van der Waals surface area (Å²) in [6, 6.07) is 5.66. The smallest absolute Gasteiger partial charge is 0.311 e. The van der Waals surface area contributed by atoms with Crippen molar-refractivity contribution < 1.29 is 9.90 Å². The first-order valence-electron chi connectivity index (χ1n) is 6.46. The quantitative estimate of drug-likeness (QED) is 0.895. The number of rotatable bonds is 4. The largest absolute Gasteiger partial charge is 0.481 e. The van der Waals surface area contributed by atoms with Crippen molar-refractivity contribution in [2.75, 3.05) is 18.0 Å². The van der Waals surface area contributed by atoms with Gasteiger partial charge in [-0.15, -0.1) is 0 Å². The van der Waals surface area contributed by atoms with Crippen molar-refractivity contribution >= 4 is 11.7 Å². The van der Waals surface area contributed by atoms with E-state index in [0.717, 1.165) is 12.1 Å². The second-order valence-corrected chi connectivity index (χ2v) is 4.99. The van der Waals surface area contributed by atoms with Crippen LogP contribution in [0.2, 0.25) is 0 Å². The molecule has 1 fully saturated rings. The van der Waals surface area contributed by atoms with E-state index in [9.17, 15) is 9.90 Å². The van der Waals surface area contributed by atoms with Crippen molar-refractivity contribution in [1.29, 1.82) is 5.26 Å². The van der Waals surface area contributed by atoms with Gasteiger partial charge in [0.05, 0.1) is 11.1 Å². The molecule has 1 aromatic heterocycles. The molecule has 2 heterocycles. The molecule has 1 saturated heterocycles. The lowest BCUT2D eigenvalue weighted by Crippen LogP contribution is -2.34. The van der Waals surface area contributed by atoms with Gasteiger partial charge >= 0.3 is 5.97 Å². The van der Waals surface area contributed by atoms with Crippen LogP contribution in [-0.2, 0) is 4.79 Å². The van der Waals surface area contributed by atoms with Crippen molar-refractivity contribution in [3.8, 4) is 6.07 Å². The number of hydrogen-bond acceptors (Lipinski definition) is 4. The fourth-order valence-corrected chi connectivity index (χ4v) is 2.78. The van der Waals surface area contributed by atoms with Crippen LogP contribution in [0.25, 0.3) is 0 Å². The van der Waals surface area contributed by atoms with Gasteiger partial charge in [0, 0.05) is 19.3 Å². The van der Waals surface area contributed by atoms with E-state index in [2.05, 4.69) is 11.1 Å². The zero-order valence-corrected chi connectivity index (χ0v) is 11.0. The lowest BCUT2D eigenvalue weighted by atomic mass is 9.83. The van der Waals surface area contributed by atoms with E-state index in [-0.39, 0.29) is 0 Å². The molecule has 0 bridgehead atoms. The minimum atomic E-state index is -0.737. The molecule has 1 aliphatic heterocycles. The van der Waals surface area contributed by atoms with Crippen molar-refractivity contribution in [2.45, 2.75) is 26.2 Å². The molecule has 5 heteroatoms. The number of carboxylic acids is 1. The molecule has 1 unspecified atom stereocenters. The van der Waals surface area contributed by atoms with Crippen molar-refractivity contribution in [2.24, 2.45) is 5.41 Å². The minimum absolute atomic E-state index is 0.361. The zero-order valence-electron chi connectivity index (χ0n) is 11.0. The summed E-state index contributed by atoms with van der Waals surface area (Å²) in [7, 11) is 0. The van der Waals surface area contributed by atoms with E-state index in [1.165, 1.54) is 0 Å². The number of nitrogens with zero attached hydrogens (tertiary/aromatic N) is 3. The fraction of sp³-hybridized carbons (Fsp3) is 0.500. The number of carbonyl (C=O) groups is 1. The Hall–Kier alpha value is -2.09. The molecule has 0 amide bonds. The number of nitriles is 1. The van der Waals surface area contributed by atoms with Crippen molar-refractivity contribution in [3.63, 3.8) is 0 Å². The fourth-order valence-electron chi connectivity index (χ4n) is 2.78. The molecule has 19 heavy (non-hydrogen) atoms. The third-order valence-corrected chi connectivity index (χ3v) is 3.77. The average molecular weight is 259 g/mol. The summed E-state index contributed by atoms with van der Waals surface area (Å²) in [5.74, 6) is -0.737. The number of aliphatic carboxylic acids is 1. The molecule has 0 radical (unpaired) electrons. The maximum atomic E-state index is 11.5. The highest BCUT2D eigenvalue weighted by atomic mass is 16.4. The Morgan fingerprint density at radius 1 is 1.68 bits per heavy atom. The summed E-state index contributed by atoms with van der Waals surface area (Å²) >= 11 is 0. The van der Waals surface area contributed by atoms with Crippen LogP contribution < -0.4 is 4.90 Å². The molecule has 0 aliphatic carbocycles. The van der Waals surface area contributed by atoms with Crippen LogP contribution in [0, 0.1) is 16.7 Å². The summed E-state index contributed by atoms with van der Waals surface area (Å²) in [6.07, 6.45) is 3.71. The number of anilines is 1. The van der Waals surface area contributed by atoms with Gasteiger partial charge in [0.2, 0.25) is 0 Å². The topological polar surface area (TPSA) is 77.2 Å². The maximum absolute atomic E-state index is 11.5. The Kier molecular flexibility index (Phi) is 3.70. The highest BCUT2D eigenvalue weighted by Crippen LogP contribution is 2.38. The van der Waals surface area contributed by atoms with Gasteiger partial charge < -0.3 is 10.0 Å². The van der Waals surface area contributed by atoms with Crippen LogP contribution in [0.3, 0.4) is 0 Å². The third kappa shape index (κ3) is 2.39. The van der Waals surface area contributed by atoms with Crippen LogP contribution >= 0.6 is 0 Å². The Balaban J connectivity index is 2.26. The first kappa shape index (κ1) is 13.3. The van der Waals surface area contributed by atoms with Crippen molar-refractivity contribution in [1.82, 2.24) is 4.98 Å². The van der Waals surface area contributed by atoms with Gasteiger partial charge in [0.25, 0.3) is 0 Å². The molecule has 0 saturated carbocycles. The Morgan fingerprint density at radius 2 is 2.47 bits per heavy atom. The van der Waals surface area contributed by atoms with Gasteiger partial charge in [0.1, 0.15) is 6.07 Å². The Bertz CT molecular complexity index is 524. The molecule has 1 aliphatic rings. The number of pyridine rings is 1. The van der Waals surface area contributed by atoms with Gasteiger partial charge in [0.15, 0.2) is 5.69 Å². The van der Waals surface area contributed by atoms with E-state index in [0.29, 0.717) is 31.6 Å². The molecule has 2 rings (SSSR count). The highest BCUT2D eigenvalue weighted by molar-refractivity contribution is 5.77. The Labute approximate surface area is 112 Å². The van der Waals surface area contributed by atoms with Gasteiger partial charge in [-0.25, -0.2) is 4.98 Å². The standard InChI is InChI=1S/C14H17N3O2/c1-2-5-14(13(18)19)6-8-17(10-14)12-4-3-7-16-11(12)9-15/h3-4,7H,2,5-6,8,10H2,1H3,(H,18,19).